The van der Waals surface area contributed by atoms with Gasteiger partial charge in [0.15, 0.2) is 0 Å². The van der Waals surface area contributed by atoms with Crippen molar-refractivity contribution in [3.63, 3.8) is 0 Å². The van der Waals surface area contributed by atoms with Gasteiger partial charge in [-0.15, -0.1) is 0 Å². The van der Waals surface area contributed by atoms with Gasteiger partial charge in [-0.25, -0.2) is 4.79 Å². The smallest absolute Gasteiger partial charge is 0.410 e. The molecule has 0 spiro atoms. The summed E-state index contributed by atoms with van der Waals surface area (Å²) in [5.74, 6) is 0.170. The first-order valence-electron chi connectivity index (χ1n) is 8.52. The Bertz CT molecular complexity index is 572. The van der Waals surface area contributed by atoms with Crippen LogP contribution in [-0.2, 0) is 11.2 Å². The van der Waals surface area contributed by atoms with E-state index in [9.17, 15) is 9.90 Å². The van der Waals surface area contributed by atoms with Crippen molar-refractivity contribution in [1.82, 2.24) is 4.90 Å². The van der Waals surface area contributed by atoms with Crippen LogP contribution in [0.4, 0.5) is 4.79 Å². The molecule has 134 valence electrons. The number of halogens is 1. The Morgan fingerprint density at radius 1 is 1.25 bits per heavy atom. The van der Waals surface area contributed by atoms with Crippen LogP contribution in [-0.4, -0.2) is 40.4 Å². The molecule has 1 N–H and O–H groups in total. The topological polar surface area (TPSA) is 49.8 Å². The first-order chi connectivity index (χ1) is 11.1. The molecule has 1 amide bonds. The average Bonchev–Trinajstić information content (AvgIpc) is 2.48. The SMILES string of the molecule is CC(C)(C)OC(=O)N1CCC(C(C)(O)Cc2ccccc2Br)CC1. The molecule has 0 aromatic heterocycles. The highest BCUT2D eigenvalue weighted by Crippen LogP contribution is 2.33. The molecule has 0 bridgehead atoms. The van der Waals surface area contributed by atoms with E-state index in [0.29, 0.717) is 19.5 Å². The summed E-state index contributed by atoms with van der Waals surface area (Å²) >= 11 is 3.55. The van der Waals surface area contributed by atoms with E-state index in [1.165, 1.54) is 0 Å². The number of aliphatic hydroxyl groups is 1. The van der Waals surface area contributed by atoms with Gasteiger partial charge in [0.25, 0.3) is 0 Å². The van der Waals surface area contributed by atoms with Crippen LogP contribution in [0.5, 0.6) is 0 Å². The maximum atomic E-state index is 12.1. The summed E-state index contributed by atoms with van der Waals surface area (Å²) in [6.07, 6.45) is 1.92. The number of hydrogen-bond donors (Lipinski definition) is 1. The van der Waals surface area contributed by atoms with Gasteiger partial charge in [0.1, 0.15) is 5.60 Å². The van der Waals surface area contributed by atoms with E-state index in [4.69, 9.17) is 4.74 Å². The predicted molar refractivity (Wildman–Crippen MR) is 99.0 cm³/mol. The largest absolute Gasteiger partial charge is 0.444 e. The molecule has 2 rings (SSSR count). The van der Waals surface area contributed by atoms with Crippen LogP contribution in [0.3, 0.4) is 0 Å². The lowest BCUT2D eigenvalue weighted by atomic mass is 9.78. The maximum Gasteiger partial charge on any atom is 0.410 e. The number of rotatable bonds is 3. The van der Waals surface area contributed by atoms with Crippen molar-refractivity contribution in [2.45, 2.75) is 58.2 Å². The molecule has 1 aromatic carbocycles. The number of piperidine rings is 1. The summed E-state index contributed by atoms with van der Waals surface area (Å²) in [7, 11) is 0. The molecule has 1 aliphatic heterocycles. The van der Waals surface area contributed by atoms with Crippen molar-refractivity contribution in [2.75, 3.05) is 13.1 Å². The Morgan fingerprint density at radius 2 is 1.83 bits per heavy atom. The molecule has 0 aliphatic carbocycles. The fraction of sp³-hybridized carbons (Fsp3) is 0.632. The van der Waals surface area contributed by atoms with Crippen LogP contribution in [0, 0.1) is 5.92 Å². The van der Waals surface area contributed by atoms with Gasteiger partial charge >= 0.3 is 6.09 Å². The van der Waals surface area contributed by atoms with Crippen molar-refractivity contribution >= 4 is 22.0 Å². The molecule has 24 heavy (non-hydrogen) atoms. The van der Waals surface area contributed by atoms with Crippen LogP contribution in [0.15, 0.2) is 28.7 Å². The summed E-state index contributed by atoms with van der Waals surface area (Å²) in [5, 5.41) is 11.0. The number of ether oxygens (including phenoxy) is 1. The van der Waals surface area contributed by atoms with Crippen molar-refractivity contribution < 1.29 is 14.6 Å². The normalized spacial score (nSPS) is 19.0. The molecule has 1 heterocycles. The fourth-order valence-electron chi connectivity index (χ4n) is 3.18. The number of benzene rings is 1. The molecule has 0 radical (unpaired) electrons. The van der Waals surface area contributed by atoms with Crippen molar-refractivity contribution in [1.29, 1.82) is 0 Å². The number of carbonyl (C=O) groups is 1. The second-order valence-corrected chi connectivity index (χ2v) is 8.72. The third-order valence-electron chi connectivity index (χ3n) is 4.53. The molecule has 1 atom stereocenters. The zero-order chi connectivity index (χ0) is 18.0. The van der Waals surface area contributed by atoms with E-state index in [-0.39, 0.29) is 12.0 Å². The van der Waals surface area contributed by atoms with Gasteiger partial charge in [0.05, 0.1) is 5.60 Å². The lowest BCUT2D eigenvalue weighted by Gasteiger charge is -2.40. The van der Waals surface area contributed by atoms with Crippen LogP contribution in [0.1, 0.15) is 46.1 Å². The van der Waals surface area contributed by atoms with Gasteiger partial charge in [-0.3, -0.25) is 0 Å². The lowest BCUT2D eigenvalue weighted by Crippen LogP contribution is -2.47. The van der Waals surface area contributed by atoms with Gasteiger partial charge < -0.3 is 14.7 Å². The summed E-state index contributed by atoms with van der Waals surface area (Å²) in [4.78, 5) is 13.9. The van der Waals surface area contributed by atoms with Crippen LogP contribution < -0.4 is 0 Å². The third kappa shape index (κ3) is 5.21. The number of hydrogen-bond acceptors (Lipinski definition) is 3. The Balaban J connectivity index is 1.93. The van der Waals surface area contributed by atoms with Crippen LogP contribution in [0.25, 0.3) is 0 Å². The molecule has 4 nitrogen and oxygen atoms in total. The van der Waals surface area contributed by atoms with Crippen molar-refractivity contribution in [3.8, 4) is 0 Å². The van der Waals surface area contributed by atoms with E-state index >= 15 is 0 Å². The number of nitrogens with zero attached hydrogens (tertiary/aromatic N) is 1. The highest BCUT2D eigenvalue weighted by Gasteiger charge is 2.36. The molecule has 1 fully saturated rings. The second kappa shape index (κ2) is 7.44. The number of amides is 1. The van der Waals surface area contributed by atoms with E-state index < -0.39 is 11.2 Å². The van der Waals surface area contributed by atoms with Gasteiger partial charge in [-0.05, 0) is 58.1 Å². The maximum absolute atomic E-state index is 12.1. The van der Waals surface area contributed by atoms with Crippen LogP contribution >= 0.6 is 15.9 Å². The molecule has 1 aromatic rings. The standard InChI is InChI=1S/C19H28BrNO3/c1-18(2,3)24-17(22)21-11-9-15(10-12-21)19(4,23)13-14-7-5-6-8-16(14)20/h5-8,15,23H,9-13H2,1-4H3. The zero-order valence-electron chi connectivity index (χ0n) is 15.0. The Hall–Kier alpha value is -1.07. The minimum absolute atomic E-state index is 0.170. The van der Waals surface area contributed by atoms with Gasteiger partial charge in [0, 0.05) is 24.0 Å². The fourth-order valence-corrected chi connectivity index (χ4v) is 3.61. The number of carbonyl (C=O) groups excluding carboxylic acids is 1. The molecule has 5 heteroatoms. The van der Waals surface area contributed by atoms with E-state index in [0.717, 1.165) is 22.9 Å². The predicted octanol–water partition coefficient (Wildman–Crippen LogP) is 4.39. The Kier molecular flexibility index (Phi) is 5.97. The summed E-state index contributed by atoms with van der Waals surface area (Å²) in [5.41, 5.74) is -0.153. The van der Waals surface area contributed by atoms with E-state index in [1.54, 1.807) is 4.90 Å². The summed E-state index contributed by atoms with van der Waals surface area (Å²) in [6, 6.07) is 7.99. The molecular weight excluding hydrogens is 370 g/mol. The molecule has 1 unspecified atom stereocenters. The molecule has 0 saturated carbocycles. The highest BCUT2D eigenvalue weighted by atomic mass is 79.9. The average molecular weight is 398 g/mol. The molecule has 1 aliphatic rings. The Morgan fingerprint density at radius 3 is 2.38 bits per heavy atom. The first kappa shape index (κ1) is 19.3. The monoisotopic (exact) mass is 397 g/mol. The summed E-state index contributed by atoms with van der Waals surface area (Å²) < 4.78 is 6.45. The quantitative estimate of drug-likeness (QED) is 0.822. The first-order valence-corrected chi connectivity index (χ1v) is 9.31. The minimum atomic E-state index is -0.788. The molecular formula is C19H28BrNO3. The minimum Gasteiger partial charge on any atom is -0.444 e. The van der Waals surface area contributed by atoms with E-state index in [1.807, 2.05) is 52.0 Å². The van der Waals surface area contributed by atoms with Crippen LogP contribution in [0.2, 0.25) is 0 Å². The Labute approximate surface area is 153 Å². The van der Waals surface area contributed by atoms with Gasteiger partial charge in [-0.2, -0.15) is 0 Å². The third-order valence-corrected chi connectivity index (χ3v) is 5.31. The van der Waals surface area contributed by atoms with Crippen molar-refractivity contribution in [3.05, 3.63) is 34.3 Å². The lowest BCUT2D eigenvalue weighted by molar-refractivity contribution is -0.0340. The van der Waals surface area contributed by atoms with E-state index in [2.05, 4.69) is 15.9 Å². The summed E-state index contributed by atoms with van der Waals surface area (Å²) in [6.45, 7) is 8.79. The molecule has 1 saturated heterocycles. The van der Waals surface area contributed by atoms with Crippen molar-refractivity contribution in [2.24, 2.45) is 5.92 Å². The zero-order valence-corrected chi connectivity index (χ0v) is 16.6. The number of likely N-dealkylation sites (tertiary alicyclic amines) is 1. The van der Waals surface area contributed by atoms with Gasteiger partial charge in [0.2, 0.25) is 0 Å². The van der Waals surface area contributed by atoms with Gasteiger partial charge in [-0.1, -0.05) is 34.1 Å². The second-order valence-electron chi connectivity index (χ2n) is 7.87. The highest BCUT2D eigenvalue weighted by molar-refractivity contribution is 9.10.